The van der Waals surface area contributed by atoms with Crippen LogP contribution in [-0.2, 0) is 26.1 Å². The van der Waals surface area contributed by atoms with Gasteiger partial charge in [-0.2, -0.15) is 0 Å². The van der Waals surface area contributed by atoms with Gasteiger partial charge in [-0.05, 0) is 13.3 Å². The summed E-state index contributed by atoms with van der Waals surface area (Å²) in [6.45, 7) is 3.82. The van der Waals surface area contributed by atoms with Crippen molar-refractivity contribution in [2.24, 2.45) is 0 Å². The molecule has 0 unspecified atom stereocenters. The molecular formula is C13H18N6OS. The molecule has 0 atom stereocenters. The predicted molar refractivity (Wildman–Crippen MR) is 78.9 cm³/mol. The van der Waals surface area contributed by atoms with Gasteiger partial charge >= 0.3 is 6.03 Å². The van der Waals surface area contributed by atoms with Crippen LogP contribution in [0.25, 0.3) is 0 Å². The van der Waals surface area contributed by atoms with Crippen molar-refractivity contribution in [2.75, 3.05) is 7.05 Å². The first-order chi connectivity index (χ1) is 10.1. The van der Waals surface area contributed by atoms with Crippen molar-refractivity contribution in [1.29, 1.82) is 0 Å². The molecule has 21 heavy (non-hydrogen) atoms. The molecule has 0 aromatic carbocycles. The summed E-state index contributed by atoms with van der Waals surface area (Å²) in [5, 5.41) is 14.1. The van der Waals surface area contributed by atoms with Crippen LogP contribution in [0.15, 0.2) is 5.38 Å². The highest BCUT2D eigenvalue weighted by molar-refractivity contribution is 7.09. The van der Waals surface area contributed by atoms with Crippen LogP contribution < -0.4 is 5.32 Å². The fourth-order valence-electron chi connectivity index (χ4n) is 2.38. The van der Waals surface area contributed by atoms with Crippen molar-refractivity contribution in [3.05, 3.63) is 27.7 Å². The van der Waals surface area contributed by atoms with Gasteiger partial charge in [-0.25, -0.2) is 9.78 Å². The zero-order valence-electron chi connectivity index (χ0n) is 12.2. The SMILES string of the molecule is Cc1csc(CNC(=O)N(C)Cc2nnc3n2CCC3)n1. The fraction of sp³-hybridized carbons (Fsp3) is 0.538. The molecule has 1 aliphatic heterocycles. The summed E-state index contributed by atoms with van der Waals surface area (Å²) in [6, 6.07) is -0.127. The molecule has 3 heterocycles. The van der Waals surface area contributed by atoms with Crippen LogP contribution in [-0.4, -0.2) is 37.7 Å². The Balaban J connectivity index is 1.54. The summed E-state index contributed by atoms with van der Waals surface area (Å²) in [4.78, 5) is 18.0. The Morgan fingerprint density at radius 1 is 1.52 bits per heavy atom. The second-order valence-corrected chi connectivity index (χ2v) is 6.13. The second kappa shape index (κ2) is 5.80. The van der Waals surface area contributed by atoms with Gasteiger partial charge in [-0.15, -0.1) is 21.5 Å². The van der Waals surface area contributed by atoms with Crippen LogP contribution in [0.3, 0.4) is 0 Å². The monoisotopic (exact) mass is 306 g/mol. The largest absolute Gasteiger partial charge is 0.331 e. The van der Waals surface area contributed by atoms with Gasteiger partial charge in [0.15, 0.2) is 5.82 Å². The third kappa shape index (κ3) is 3.05. The van der Waals surface area contributed by atoms with E-state index in [4.69, 9.17) is 0 Å². The third-order valence-corrected chi connectivity index (χ3v) is 4.44. The Kier molecular flexibility index (Phi) is 3.87. The number of amides is 2. The number of rotatable bonds is 4. The van der Waals surface area contributed by atoms with E-state index in [2.05, 4.69) is 25.1 Å². The number of hydrogen-bond acceptors (Lipinski definition) is 5. The lowest BCUT2D eigenvalue weighted by atomic mass is 10.4. The number of aromatic nitrogens is 4. The Morgan fingerprint density at radius 2 is 2.38 bits per heavy atom. The van der Waals surface area contributed by atoms with E-state index >= 15 is 0 Å². The summed E-state index contributed by atoms with van der Waals surface area (Å²) in [5.41, 5.74) is 0.983. The number of nitrogens with one attached hydrogen (secondary N) is 1. The number of thiazole rings is 1. The number of fused-ring (bicyclic) bond motifs is 1. The van der Waals surface area contributed by atoms with E-state index in [1.165, 1.54) is 0 Å². The topological polar surface area (TPSA) is 75.9 Å². The van der Waals surface area contributed by atoms with Crippen LogP contribution in [0.2, 0.25) is 0 Å². The molecule has 3 rings (SSSR count). The molecule has 2 aromatic rings. The first-order valence-electron chi connectivity index (χ1n) is 6.94. The number of carbonyl (C=O) groups is 1. The molecule has 2 amide bonds. The number of carbonyl (C=O) groups excluding carboxylic acids is 1. The van der Waals surface area contributed by atoms with Gasteiger partial charge in [0.1, 0.15) is 10.8 Å². The van der Waals surface area contributed by atoms with Crippen molar-refractivity contribution >= 4 is 17.4 Å². The average Bonchev–Trinajstić information content (AvgIpc) is 3.15. The van der Waals surface area contributed by atoms with E-state index in [-0.39, 0.29) is 6.03 Å². The molecule has 0 fully saturated rings. The van der Waals surface area contributed by atoms with E-state index in [0.717, 1.165) is 41.7 Å². The summed E-state index contributed by atoms with van der Waals surface area (Å²) >= 11 is 1.55. The van der Waals surface area contributed by atoms with E-state index in [1.807, 2.05) is 12.3 Å². The van der Waals surface area contributed by atoms with Crippen LogP contribution in [0.5, 0.6) is 0 Å². The van der Waals surface area contributed by atoms with E-state index in [1.54, 1.807) is 23.3 Å². The second-order valence-electron chi connectivity index (χ2n) is 5.19. The maximum atomic E-state index is 12.1. The van der Waals surface area contributed by atoms with Crippen LogP contribution >= 0.6 is 11.3 Å². The van der Waals surface area contributed by atoms with E-state index in [0.29, 0.717) is 13.1 Å². The molecule has 8 heteroatoms. The van der Waals surface area contributed by atoms with Crippen LogP contribution in [0.4, 0.5) is 4.79 Å². The minimum Gasteiger partial charge on any atom is -0.331 e. The minimum absolute atomic E-state index is 0.127. The van der Waals surface area contributed by atoms with Gasteiger partial charge in [0.25, 0.3) is 0 Å². The van der Waals surface area contributed by atoms with Gasteiger partial charge < -0.3 is 14.8 Å². The molecule has 7 nitrogen and oxygen atoms in total. The molecule has 1 aliphatic rings. The summed E-state index contributed by atoms with van der Waals surface area (Å²) in [6.07, 6.45) is 2.09. The standard InChI is InChI=1S/C13H18N6OS/c1-9-8-21-12(15-9)6-14-13(20)18(2)7-11-17-16-10-4-3-5-19(10)11/h8H,3-7H2,1-2H3,(H,14,20). The summed E-state index contributed by atoms with van der Waals surface area (Å²) in [7, 11) is 1.76. The molecular weight excluding hydrogens is 288 g/mol. The van der Waals surface area contributed by atoms with Gasteiger partial charge in [-0.1, -0.05) is 0 Å². The Hall–Kier alpha value is -1.96. The number of nitrogens with zero attached hydrogens (tertiary/aromatic N) is 5. The van der Waals surface area contributed by atoms with E-state index in [9.17, 15) is 4.79 Å². The van der Waals surface area contributed by atoms with Crippen molar-refractivity contribution < 1.29 is 4.79 Å². The highest BCUT2D eigenvalue weighted by Crippen LogP contribution is 2.15. The maximum Gasteiger partial charge on any atom is 0.317 e. The van der Waals surface area contributed by atoms with E-state index < -0.39 is 0 Å². The third-order valence-electron chi connectivity index (χ3n) is 3.47. The van der Waals surface area contributed by atoms with Crippen molar-refractivity contribution in [1.82, 2.24) is 30.0 Å². The molecule has 0 saturated carbocycles. The molecule has 2 aromatic heterocycles. The number of hydrogen-bond donors (Lipinski definition) is 1. The normalized spacial score (nSPS) is 13.2. The molecule has 0 saturated heterocycles. The highest BCUT2D eigenvalue weighted by atomic mass is 32.1. The van der Waals surface area contributed by atoms with Crippen LogP contribution in [0, 0.1) is 6.92 Å². The lowest BCUT2D eigenvalue weighted by Crippen LogP contribution is -2.37. The van der Waals surface area contributed by atoms with Crippen LogP contribution in [0.1, 0.15) is 28.8 Å². The summed E-state index contributed by atoms with van der Waals surface area (Å²) < 4.78 is 2.11. The predicted octanol–water partition coefficient (Wildman–Crippen LogP) is 1.33. The Morgan fingerprint density at radius 3 is 3.14 bits per heavy atom. The molecule has 0 bridgehead atoms. The molecule has 112 valence electrons. The molecule has 0 radical (unpaired) electrons. The zero-order valence-corrected chi connectivity index (χ0v) is 13.0. The smallest absolute Gasteiger partial charge is 0.317 e. The number of aryl methyl sites for hydroxylation is 2. The van der Waals surface area contributed by atoms with Crippen molar-refractivity contribution in [3.8, 4) is 0 Å². The molecule has 0 aliphatic carbocycles. The number of urea groups is 1. The molecule has 1 N–H and O–H groups in total. The van der Waals surface area contributed by atoms with Crippen molar-refractivity contribution in [3.63, 3.8) is 0 Å². The lowest BCUT2D eigenvalue weighted by Gasteiger charge is -2.17. The van der Waals surface area contributed by atoms with Crippen molar-refractivity contribution in [2.45, 2.75) is 39.4 Å². The fourth-order valence-corrected chi connectivity index (χ4v) is 3.09. The quantitative estimate of drug-likeness (QED) is 0.924. The minimum atomic E-state index is -0.127. The van der Waals surface area contributed by atoms with Gasteiger partial charge in [0, 0.05) is 31.1 Å². The van der Waals surface area contributed by atoms with Gasteiger partial charge in [0.2, 0.25) is 0 Å². The first-order valence-corrected chi connectivity index (χ1v) is 7.82. The molecule has 0 spiro atoms. The van der Waals surface area contributed by atoms with Gasteiger partial charge in [-0.3, -0.25) is 0 Å². The first kappa shape index (κ1) is 14.0. The maximum absolute atomic E-state index is 12.1. The zero-order chi connectivity index (χ0) is 14.8. The lowest BCUT2D eigenvalue weighted by molar-refractivity contribution is 0.204. The highest BCUT2D eigenvalue weighted by Gasteiger charge is 2.19. The van der Waals surface area contributed by atoms with Gasteiger partial charge in [0.05, 0.1) is 13.1 Å². The summed E-state index contributed by atoms with van der Waals surface area (Å²) in [5.74, 6) is 1.88. The average molecular weight is 306 g/mol. The Labute approximate surface area is 127 Å². The Bertz CT molecular complexity index is 649.